The fourth-order valence-corrected chi connectivity index (χ4v) is 2.06. The van der Waals surface area contributed by atoms with E-state index in [2.05, 4.69) is 0 Å². The Labute approximate surface area is 107 Å². The summed E-state index contributed by atoms with van der Waals surface area (Å²) in [5, 5.41) is 0. The van der Waals surface area contributed by atoms with E-state index in [4.69, 9.17) is 4.74 Å². The zero-order valence-corrected chi connectivity index (χ0v) is 10.4. The van der Waals surface area contributed by atoms with E-state index < -0.39 is 5.92 Å². The van der Waals surface area contributed by atoms with E-state index >= 15 is 0 Å². The largest absolute Gasteiger partial charge is 0.375 e. The van der Waals surface area contributed by atoms with E-state index in [-0.39, 0.29) is 12.8 Å². The highest BCUT2D eigenvalue weighted by atomic mass is 19.3. The van der Waals surface area contributed by atoms with Crippen LogP contribution in [0.5, 0.6) is 0 Å². The standard InChI is InChI=1S/C14H19F2NO/c15-14(16)6-8-17(9-7-14)10-11-18-12-13-4-2-1-3-5-13/h1-5H,6-12H2. The zero-order valence-electron chi connectivity index (χ0n) is 10.4. The molecule has 0 aliphatic carbocycles. The van der Waals surface area contributed by atoms with Crippen molar-refractivity contribution >= 4 is 0 Å². The number of rotatable bonds is 5. The van der Waals surface area contributed by atoms with E-state index in [1.807, 2.05) is 35.2 Å². The number of hydrogen-bond acceptors (Lipinski definition) is 2. The van der Waals surface area contributed by atoms with E-state index in [1.54, 1.807) is 0 Å². The summed E-state index contributed by atoms with van der Waals surface area (Å²) >= 11 is 0. The molecule has 2 nitrogen and oxygen atoms in total. The molecule has 0 spiro atoms. The molecule has 0 unspecified atom stereocenters. The van der Waals surface area contributed by atoms with Gasteiger partial charge < -0.3 is 9.64 Å². The molecule has 1 saturated heterocycles. The van der Waals surface area contributed by atoms with Crippen molar-refractivity contribution in [1.29, 1.82) is 0 Å². The quantitative estimate of drug-likeness (QED) is 0.750. The van der Waals surface area contributed by atoms with Crippen LogP contribution in [0.2, 0.25) is 0 Å². The van der Waals surface area contributed by atoms with Gasteiger partial charge in [-0.3, -0.25) is 0 Å². The molecule has 2 rings (SSSR count). The first-order valence-electron chi connectivity index (χ1n) is 6.38. The second-order valence-corrected chi connectivity index (χ2v) is 4.74. The Hall–Kier alpha value is -1.00. The summed E-state index contributed by atoms with van der Waals surface area (Å²) in [7, 11) is 0. The first kappa shape index (κ1) is 13.4. The van der Waals surface area contributed by atoms with Gasteiger partial charge >= 0.3 is 0 Å². The number of benzene rings is 1. The minimum atomic E-state index is -2.46. The average molecular weight is 255 g/mol. The first-order valence-corrected chi connectivity index (χ1v) is 6.38. The van der Waals surface area contributed by atoms with Gasteiger partial charge in [-0.2, -0.15) is 0 Å². The molecule has 1 aliphatic rings. The van der Waals surface area contributed by atoms with Crippen molar-refractivity contribution in [2.75, 3.05) is 26.2 Å². The second-order valence-electron chi connectivity index (χ2n) is 4.74. The second kappa shape index (κ2) is 6.25. The van der Waals surface area contributed by atoms with Crippen LogP contribution in [0.3, 0.4) is 0 Å². The van der Waals surface area contributed by atoms with Crippen LogP contribution in [0.1, 0.15) is 18.4 Å². The van der Waals surface area contributed by atoms with Gasteiger partial charge in [-0.25, -0.2) is 8.78 Å². The molecule has 0 amide bonds. The summed E-state index contributed by atoms with van der Waals surface area (Å²) < 4.78 is 31.4. The Kier molecular flexibility index (Phi) is 4.66. The maximum absolute atomic E-state index is 12.9. The third-order valence-electron chi connectivity index (χ3n) is 3.25. The monoisotopic (exact) mass is 255 g/mol. The molecule has 18 heavy (non-hydrogen) atoms. The number of alkyl halides is 2. The summed E-state index contributed by atoms with van der Waals surface area (Å²) in [6.45, 7) is 2.87. The van der Waals surface area contributed by atoms with Crippen molar-refractivity contribution in [2.24, 2.45) is 0 Å². The van der Waals surface area contributed by atoms with Crippen LogP contribution in [-0.2, 0) is 11.3 Å². The Morgan fingerprint density at radius 1 is 1.11 bits per heavy atom. The molecule has 0 bridgehead atoms. The molecule has 4 heteroatoms. The maximum atomic E-state index is 12.9. The lowest BCUT2D eigenvalue weighted by Crippen LogP contribution is -2.40. The van der Waals surface area contributed by atoms with Crippen molar-refractivity contribution in [3.05, 3.63) is 35.9 Å². The number of piperidine rings is 1. The fourth-order valence-electron chi connectivity index (χ4n) is 2.06. The molecule has 0 N–H and O–H groups in total. The number of ether oxygens (including phenoxy) is 1. The summed E-state index contributed by atoms with van der Waals surface area (Å²) in [5.41, 5.74) is 1.14. The maximum Gasteiger partial charge on any atom is 0.250 e. The number of hydrogen-bond donors (Lipinski definition) is 0. The molecular weight excluding hydrogens is 236 g/mol. The summed E-state index contributed by atoms with van der Waals surface area (Å²) in [5.74, 6) is -2.46. The van der Waals surface area contributed by atoms with Gasteiger partial charge in [0.2, 0.25) is 0 Å². The lowest BCUT2D eigenvalue weighted by Gasteiger charge is -2.31. The Morgan fingerprint density at radius 3 is 2.44 bits per heavy atom. The first-order chi connectivity index (χ1) is 8.66. The average Bonchev–Trinajstić information content (AvgIpc) is 2.37. The van der Waals surface area contributed by atoms with E-state index in [0.29, 0.717) is 26.3 Å². The van der Waals surface area contributed by atoms with Gasteiger partial charge in [0.25, 0.3) is 5.92 Å². The normalized spacial score (nSPS) is 19.9. The van der Waals surface area contributed by atoms with Crippen molar-refractivity contribution in [3.63, 3.8) is 0 Å². The van der Waals surface area contributed by atoms with Crippen LogP contribution < -0.4 is 0 Å². The van der Waals surface area contributed by atoms with Gasteiger partial charge in [-0.1, -0.05) is 30.3 Å². The number of halogens is 2. The van der Waals surface area contributed by atoms with Crippen LogP contribution in [0.15, 0.2) is 30.3 Å². The van der Waals surface area contributed by atoms with Crippen molar-refractivity contribution < 1.29 is 13.5 Å². The Bertz CT molecular complexity index is 346. The highest BCUT2D eigenvalue weighted by molar-refractivity contribution is 5.13. The van der Waals surface area contributed by atoms with Crippen molar-refractivity contribution in [2.45, 2.75) is 25.4 Å². The molecule has 0 atom stereocenters. The molecule has 1 aromatic rings. The van der Waals surface area contributed by atoms with Gasteiger partial charge in [0, 0.05) is 32.5 Å². The molecule has 0 aromatic heterocycles. The lowest BCUT2D eigenvalue weighted by atomic mass is 10.1. The molecule has 100 valence electrons. The lowest BCUT2D eigenvalue weighted by molar-refractivity contribution is -0.0590. The molecule has 0 saturated carbocycles. The van der Waals surface area contributed by atoms with Gasteiger partial charge in [0.05, 0.1) is 13.2 Å². The van der Waals surface area contributed by atoms with E-state index in [9.17, 15) is 8.78 Å². The molecule has 1 fully saturated rings. The predicted octanol–water partition coefficient (Wildman–Crippen LogP) is 2.93. The minimum absolute atomic E-state index is 0.0221. The SMILES string of the molecule is FC1(F)CCN(CCOCc2ccccc2)CC1. The summed E-state index contributed by atoms with van der Waals surface area (Å²) in [6, 6.07) is 9.96. The number of likely N-dealkylation sites (tertiary alicyclic amines) is 1. The summed E-state index contributed by atoms with van der Waals surface area (Å²) in [4.78, 5) is 2.04. The van der Waals surface area contributed by atoms with Gasteiger partial charge in [-0.15, -0.1) is 0 Å². The third kappa shape index (κ3) is 4.35. The highest BCUT2D eigenvalue weighted by Crippen LogP contribution is 2.27. The molecular formula is C14H19F2NO. The van der Waals surface area contributed by atoms with Gasteiger partial charge in [0.15, 0.2) is 0 Å². The predicted molar refractivity (Wildman–Crippen MR) is 66.7 cm³/mol. The van der Waals surface area contributed by atoms with Crippen molar-refractivity contribution in [3.8, 4) is 0 Å². The Balaban J connectivity index is 1.59. The van der Waals surface area contributed by atoms with Crippen molar-refractivity contribution in [1.82, 2.24) is 4.90 Å². The topological polar surface area (TPSA) is 12.5 Å². The smallest absolute Gasteiger partial charge is 0.250 e. The van der Waals surface area contributed by atoms with Gasteiger partial charge in [0.1, 0.15) is 0 Å². The van der Waals surface area contributed by atoms with Crippen LogP contribution in [-0.4, -0.2) is 37.1 Å². The van der Waals surface area contributed by atoms with Gasteiger partial charge in [-0.05, 0) is 5.56 Å². The third-order valence-corrected chi connectivity index (χ3v) is 3.25. The zero-order chi connectivity index (χ0) is 12.8. The molecule has 1 heterocycles. The van der Waals surface area contributed by atoms with E-state index in [1.165, 1.54) is 0 Å². The molecule has 1 aliphatic heterocycles. The van der Waals surface area contributed by atoms with Crippen LogP contribution in [0.25, 0.3) is 0 Å². The fraction of sp³-hybridized carbons (Fsp3) is 0.571. The summed E-state index contributed by atoms with van der Waals surface area (Å²) in [6.07, 6.45) is -0.0443. The molecule has 1 aromatic carbocycles. The van der Waals surface area contributed by atoms with E-state index in [0.717, 1.165) is 12.1 Å². The Morgan fingerprint density at radius 2 is 1.78 bits per heavy atom. The highest BCUT2D eigenvalue weighted by Gasteiger charge is 2.33. The van der Waals surface area contributed by atoms with Crippen LogP contribution >= 0.6 is 0 Å². The van der Waals surface area contributed by atoms with Crippen LogP contribution in [0.4, 0.5) is 8.78 Å². The number of nitrogens with zero attached hydrogens (tertiary/aromatic N) is 1. The van der Waals surface area contributed by atoms with Crippen LogP contribution in [0, 0.1) is 0 Å². The minimum Gasteiger partial charge on any atom is -0.375 e. The molecule has 0 radical (unpaired) electrons.